The van der Waals surface area contributed by atoms with E-state index in [9.17, 15) is 4.91 Å². The van der Waals surface area contributed by atoms with Crippen LogP contribution in [0.25, 0.3) is 0 Å². The molecular formula is C10H16ClNO. The summed E-state index contributed by atoms with van der Waals surface area (Å²) in [6, 6.07) is 0. The molecule has 0 aliphatic heterocycles. The van der Waals surface area contributed by atoms with Crippen molar-refractivity contribution in [3.63, 3.8) is 0 Å². The van der Waals surface area contributed by atoms with E-state index in [1.807, 2.05) is 0 Å². The molecule has 0 bridgehead atoms. The highest BCUT2D eigenvalue weighted by Crippen LogP contribution is 2.53. The second kappa shape index (κ2) is 3.23. The molecule has 2 aliphatic carbocycles. The Hall–Kier alpha value is -0.110. The monoisotopic (exact) mass is 201 g/mol. The van der Waals surface area contributed by atoms with Crippen molar-refractivity contribution in [1.82, 2.24) is 0 Å². The van der Waals surface area contributed by atoms with Gasteiger partial charge in [0.1, 0.15) is 5.54 Å². The van der Waals surface area contributed by atoms with E-state index in [1.54, 1.807) is 0 Å². The van der Waals surface area contributed by atoms with Crippen LogP contribution in [0.2, 0.25) is 0 Å². The molecule has 74 valence electrons. The Morgan fingerprint density at radius 3 is 1.77 bits per heavy atom. The zero-order chi connectivity index (χ0) is 9.36. The van der Waals surface area contributed by atoms with Gasteiger partial charge in [0, 0.05) is 0 Å². The summed E-state index contributed by atoms with van der Waals surface area (Å²) in [6.45, 7) is 0. The van der Waals surface area contributed by atoms with Gasteiger partial charge in [-0.1, -0.05) is 30.9 Å². The van der Waals surface area contributed by atoms with Gasteiger partial charge in [0.15, 0.2) is 0 Å². The van der Waals surface area contributed by atoms with Crippen molar-refractivity contribution in [2.45, 2.75) is 61.8 Å². The lowest BCUT2D eigenvalue weighted by Gasteiger charge is -2.48. The summed E-state index contributed by atoms with van der Waals surface area (Å²) in [7, 11) is 0. The summed E-state index contributed by atoms with van der Waals surface area (Å²) >= 11 is 6.54. The van der Waals surface area contributed by atoms with Crippen molar-refractivity contribution >= 4 is 11.6 Å². The lowest BCUT2D eigenvalue weighted by Crippen LogP contribution is -2.52. The molecule has 3 heteroatoms. The van der Waals surface area contributed by atoms with Crippen LogP contribution < -0.4 is 0 Å². The third-order valence-electron chi connectivity index (χ3n) is 3.84. The van der Waals surface area contributed by atoms with Crippen molar-refractivity contribution in [2.75, 3.05) is 0 Å². The number of hydrogen-bond donors (Lipinski definition) is 0. The van der Waals surface area contributed by atoms with Crippen molar-refractivity contribution in [2.24, 2.45) is 5.18 Å². The van der Waals surface area contributed by atoms with E-state index in [-0.39, 0.29) is 4.87 Å². The highest BCUT2D eigenvalue weighted by atomic mass is 35.5. The first-order valence-corrected chi connectivity index (χ1v) is 5.64. The predicted molar refractivity (Wildman–Crippen MR) is 54.0 cm³/mol. The minimum absolute atomic E-state index is 0.286. The molecule has 13 heavy (non-hydrogen) atoms. The minimum Gasteiger partial charge on any atom is -0.150 e. The van der Waals surface area contributed by atoms with Gasteiger partial charge in [-0.2, -0.15) is 4.91 Å². The molecule has 0 amide bonds. The number of nitrogens with zero attached hydrogens (tertiary/aromatic N) is 1. The maximum absolute atomic E-state index is 11.0. The molecule has 0 saturated heterocycles. The lowest BCUT2D eigenvalue weighted by atomic mass is 9.65. The average Bonchev–Trinajstić information content (AvgIpc) is 2.17. The highest BCUT2D eigenvalue weighted by molar-refractivity contribution is 6.25. The first-order chi connectivity index (χ1) is 6.22. The van der Waals surface area contributed by atoms with Gasteiger partial charge in [0.25, 0.3) is 0 Å². The van der Waals surface area contributed by atoms with E-state index in [0.717, 1.165) is 38.5 Å². The molecule has 0 radical (unpaired) electrons. The Bertz CT molecular complexity index is 205. The summed E-state index contributed by atoms with van der Waals surface area (Å²) in [5.74, 6) is 0. The van der Waals surface area contributed by atoms with Crippen LogP contribution in [0.1, 0.15) is 51.4 Å². The van der Waals surface area contributed by atoms with Gasteiger partial charge in [0.05, 0.1) is 4.87 Å². The molecule has 0 heterocycles. The Balaban J connectivity index is 2.28. The molecule has 0 spiro atoms. The van der Waals surface area contributed by atoms with Gasteiger partial charge in [-0.15, -0.1) is 11.6 Å². The normalized spacial score (nSPS) is 45.3. The molecule has 2 rings (SSSR count). The van der Waals surface area contributed by atoms with Crippen LogP contribution in [-0.4, -0.2) is 10.4 Å². The van der Waals surface area contributed by atoms with Gasteiger partial charge >= 0.3 is 0 Å². The topological polar surface area (TPSA) is 29.4 Å². The van der Waals surface area contributed by atoms with Gasteiger partial charge in [-0.25, -0.2) is 0 Å². The molecule has 0 aromatic rings. The van der Waals surface area contributed by atoms with Crippen LogP contribution in [0.3, 0.4) is 0 Å². The molecule has 2 fully saturated rings. The van der Waals surface area contributed by atoms with Gasteiger partial charge in [-0.3, -0.25) is 0 Å². The smallest absolute Gasteiger partial charge is 0.122 e. The highest BCUT2D eigenvalue weighted by Gasteiger charge is 2.54. The Morgan fingerprint density at radius 1 is 0.923 bits per heavy atom. The molecule has 0 unspecified atom stereocenters. The number of halogens is 1. The molecule has 2 nitrogen and oxygen atoms in total. The number of fused-ring (bicyclic) bond motifs is 1. The standard InChI is InChI=1S/C10H16ClNO/c11-9-5-1-3-7-10(9,12-13)8-4-2-6-9/h1-8H2. The first kappa shape index (κ1) is 9.45. The third kappa shape index (κ3) is 1.30. The molecule has 2 saturated carbocycles. The van der Waals surface area contributed by atoms with Crippen LogP contribution >= 0.6 is 11.6 Å². The quantitative estimate of drug-likeness (QED) is 0.471. The number of hydrogen-bond acceptors (Lipinski definition) is 2. The SMILES string of the molecule is O=NC12CCCCC1(Cl)CCCC2. The fraction of sp³-hybridized carbons (Fsp3) is 1.00. The molecule has 0 aromatic heterocycles. The summed E-state index contributed by atoms with van der Waals surface area (Å²) in [4.78, 5) is 10.7. The van der Waals surface area contributed by atoms with Gasteiger partial charge < -0.3 is 0 Å². The number of nitroso groups, excluding NO2 is 1. The van der Waals surface area contributed by atoms with Gasteiger partial charge in [0.2, 0.25) is 0 Å². The van der Waals surface area contributed by atoms with Crippen LogP contribution in [0.4, 0.5) is 0 Å². The van der Waals surface area contributed by atoms with E-state index in [1.165, 1.54) is 12.8 Å². The van der Waals surface area contributed by atoms with Crippen LogP contribution in [-0.2, 0) is 0 Å². The van der Waals surface area contributed by atoms with E-state index in [4.69, 9.17) is 11.6 Å². The fourth-order valence-electron chi connectivity index (χ4n) is 2.98. The molecule has 2 aliphatic rings. The van der Waals surface area contributed by atoms with E-state index < -0.39 is 5.54 Å². The predicted octanol–water partition coefficient (Wildman–Crippen LogP) is 3.62. The Morgan fingerprint density at radius 2 is 1.38 bits per heavy atom. The number of alkyl halides is 1. The molecule has 0 aromatic carbocycles. The van der Waals surface area contributed by atoms with Crippen LogP contribution in [0.15, 0.2) is 5.18 Å². The summed E-state index contributed by atoms with van der Waals surface area (Å²) < 4.78 is 0. The molecule has 0 atom stereocenters. The lowest BCUT2D eigenvalue weighted by molar-refractivity contribution is 0.155. The summed E-state index contributed by atoms with van der Waals surface area (Å²) in [5.41, 5.74) is -0.412. The molecular weight excluding hydrogens is 186 g/mol. The average molecular weight is 202 g/mol. The van der Waals surface area contributed by atoms with Crippen LogP contribution in [0.5, 0.6) is 0 Å². The zero-order valence-corrected chi connectivity index (χ0v) is 8.65. The zero-order valence-electron chi connectivity index (χ0n) is 7.89. The summed E-state index contributed by atoms with van der Waals surface area (Å²) in [5, 5.41) is 3.39. The second-order valence-corrected chi connectivity index (χ2v) is 5.23. The first-order valence-electron chi connectivity index (χ1n) is 5.26. The van der Waals surface area contributed by atoms with E-state index in [2.05, 4.69) is 5.18 Å². The summed E-state index contributed by atoms with van der Waals surface area (Å²) in [6.07, 6.45) is 8.39. The third-order valence-corrected chi connectivity index (χ3v) is 4.57. The number of rotatable bonds is 1. The van der Waals surface area contributed by atoms with Crippen molar-refractivity contribution < 1.29 is 0 Å². The molecule has 0 N–H and O–H groups in total. The maximum Gasteiger partial charge on any atom is 0.122 e. The van der Waals surface area contributed by atoms with Crippen LogP contribution in [0, 0.1) is 4.91 Å². The fourth-order valence-corrected chi connectivity index (χ4v) is 3.47. The van der Waals surface area contributed by atoms with Crippen molar-refractivity contribution in [3.8, 4) is 0 Å². The Labute approximate surface area is 84.0 Å². The Kier molecular flexibility index (Phi) is 2.35. The second-order valence-electron chi connectivity index (χ2n) is 4.50. The van der Waals surface area contributed by atoms with E-state index >= 15 is 0 Å². The largest absolute Gasteiger partial charge is 0.150 e. The maximum atomic E-state index is 11.0. The minimum atomic E-state index is -0.412. The van der Waals surface area contributed by atoms with E-state index in [0.29, 0.717) is 0 Å². The van der Waals surface area contributed by atoms with Gasteiger partial charge in [-0.05, 0) is 25.7 Å². The van der Waals surface area contributed by atoms with Crippen molar-refractivity contribution in [1.29, 1.82) is 0 Å². The van der Waals surface area contributed by atoms with Crippen molar-refractivity contribution in [3.05, 3.63) is 4.91 Å².